The van der Waals surface area contributed by atoms with Gasteiger partial charge >= 0.3 is 8.25 Å². The summed E-state index contributed by atoms with van der Waals surface area (Å²) in [5.74, 6) is 0. The van der Waals surface area contributed by atoms with Crippen LogP contribution >= 0.6 is 8.25 Å². The lowest BCUT2D eigenvalue weighted by Gasteiger charge is -2.37. The predicted octanol–water partition coefficient (Wildman–Crippen LogP) is 11.5. The molecule has 0 aliphatic carbocycles. The summed E-state index contributed by atoms with van der Waals surface area (Å²) in [5, 5.41) is 0. The third kappa shape index (κ3) is 12.2. The molecule has 1 N–H and O–H groups in total. The van der Waals surface area contributed by atoms with E-state index in [0.29, 0.717) is 0 Å². The molecule has 1 unspecified atom stereocenters. The highest BCUT2D eigenvalue weighted by Crippen LogP contribution is 2.47. The molecule has 4 heteroatoms. The van der Waals surface area contributed by atoms with Gasteiger partial charge in [-0.1, -0.05) is 159 Å². The number of rotatable bonds is 24. The van der Waals surface area contributed by atoms with Gasteiger partial charge in [0.2, 0.25) is 0 Å². The highest BCUT2D eigenvalue weighted by atomic mass is 31.1. The van der Waals surface area contributed by atoms with Crippen LogP contribution in [0.2, 0.25) is 0 Å². The second-order valence-electron chi connectivity index (χ2n) is 11.7. The molecule has 0 aliphatic heterocycles. The average Bonchev–Trinajstić information content (AvgIpc) is 2.96. The Hall–Kier alpha value is -1.41. The first-order valence-electron chi connectivity index (χ1n) is 16.7. The summed E-state index contributed by atoms with van der Waals surface area (Å²) in [4.78, 5) is 10.4. The van der Waals surface area contributed by atoms with Crippen LogP contribution in [0.4, 0.5) is 0 Å². The third-order valence-electron chi connectivity index (χ3n) is 8.40. The van der Waals surface area contributed by atoms with Crippen LogP contribution in [0.15, 0.2) is 48.5 Å². The maximum atomic E-state index is 12.6. The summed E-state index contributed by atoms with van der Waals surface area (Å²) in [6, 6.07) is 17.2. The molecule has 2 aromatic rings. The predicted molar refractivity (Wildman–Crippen MR) is 174 cm³/mol. The van der Waals surface area contributed by atoms with Crippen LogP contribution in [0.25, 0.3) is 0 Å². The van der Waals surface area contributed by atoms with Crippen molar-refractivity contribution in [3.05, 3.63) is 70.8 Å². The van der Waals surface area contributed by atoms with Crippen LogP contribution in [-0.2, 0) is 27.5 Å². The van der Waals surface area contributed by atoms with E-state index in [1.165, 1.54) is 94.6 Å². The molecular formula is C36H59O3P. The molecule has 0 bridgehead atoms. The van der Waals surface area contributed by atoms with Crippen molar-refractivity contribution < 1.29 is 14.0 Å². The maximum Gasteiger partial charge on any atom is 0.317 e. The summed E-state index contributed by atoms with van der Waals surface area (Å²) in [5.41, 5.74) is 3.84. The minimum atomic E-state index is -3.18. The first kappa shape index (κ1) is 34.8. The Morgan fingerprint density at radius 3 is 1.38 bits per heavy atom. The van der Waals surface area contributed by atoms with E-state index in [0.717, 1.165) is 56.1 Å². The second-order valence-corrected chi connectivity index (χ2v) is 12.4. The Labute approximate surface area is 247 Å². The Morgan fingerprint density at radius 1 is 0.575 bits per heavy atom. The van der Waals surface area contributed by atoms with Gasteiger partial charge in [-0.05, 0) is 60.8 Å². The quantitative estimate of drug-likeness (QED) is 0.101. The van der Waals surface area contributed by atoms with Crippen molar-refractivity contribution >= 4 is 8.25 Å². The van der Waals surface area contributed by atoms with Crippen LogP contribution < -0.4 is 0 Å². The van der Waals surface area contributed by atoms with Crippen LogP contribution in [0.3, 0.4) is 0 Å². The molecule has 1 atom stereocenters. The highest BCUT2D eigenvalue weighted by Gasteiger charge is 2.39. The molecule has 0 fully saturated rings. The molecule has 2 aromatic carbocycles. The molecule has 40 heavy (non-hydrogen) atoms. The van der Waals surface area contributed by atoms with Crippen LogP contribution in [-0.4, -0.2) is 4.89 Å². The van der Waals surface area contributed by atoms with Gasteiger partial charge in [0.05, 0.1) is 0 Å². The van der Waals surface area contributed by atoms with Crippen molar-refractivity contribution in [3.63, 3.8) is 0 Å². The van der Waals surface area contributed by atoms with Crippen LogP contribution in [0, 0.1) is 0 Å². The minimum Gasteiger partial charge on any atom is -0.326 e. The van der Waals surface area contributed by atoms with E-state index in [-0.39, 0.29) is 0 Å². The molecule has 0 spiro atoms. The normalized spacial score (nSPS) is 12.6. The standard InChI is InChI=1S/C36H59O3P/c1-4-7-10-13-15-18-25-32-27-20-22-29-34(32)36(39-40(37)38,31-24-17-12-9-6-3)35-30-23-21-28-33(35)26-19-16-14-11-8-5-2/h20-23,27-30,40H,4-19,24-26,31H2,1-3H3,(H,37,38). The summed E-state index contributed by atoms with van der Waals surface area (Å²) < 4.78 is 18.9. The van der Waals surface area contributed by atoms with Gasteiger partial charge in [-0.25, -0.2) is 0 Å². The fourth-order valence-electron chi connectivity index (χ4n) is 6.16. The fourth-order valence-corrected chi connectivity index (χ4v) is 6.78. The zero-order valence-corrected chi connectivity index (χ0v) is 27.0. The van der Waals surface area contributed by atoms with Crippen LogP contribution in [0.1, 0.15) is 159 Å². The Bertz CT molecular complexity index is 882. The molecule has 226 valence electrons. The van der Waals surface area contributed by atoms with Gasteiger partial charge in [0.25, 0.3) is 0 Å². The van der Waals surface area contributed by atoms with Crippen molar-refractivity contribution in [1.29, 1.82) is 0 Å². The Balaban J connectivity index is 2.42. The average molecular weight is 571 g/mol. The number of hydrogen-bond donors (Lipinski definition) is 1. The SMILES string of the molecule is CCCCCCCCc1ccccc1C(CCCCCCC)(O[PH](=O)O)c1ccccc1CCCCCCCC. The molecule has 0 saturated carbocycles. The van der Waals surface area contributed by atoms with Gasteiger partial charge in [0.1, 0.15) is 5.60 Å². The first-order valence-corrected chi connectivity index (χ1v) is 17.9. The van der Waals surface area contributed by atoms with E-state index >= 15 is 0 Å². The molecule has 0 radical (unpaired) electrons. The lowest BCUT2D eigenvalue weighted by molar-refractivity contribution is 0.0893. The first-order chi connectivity index (χ1) is 19.6. The van der Waals surface area contributed by atoms with Crippen molar-refractivity contribution in [1.82, 2.24) is 0 Å². The number of unbranched alkanes of at least 4 members (excludes halogenated alkanes) is 14. The summed E-state index contributed by atoms with van der Waals surface area (Å²) in [7, 11) is -3.18. The van der Waals surface area contributed by atoms with Gasteiger partial charge in [-0.2, -0.15) is 0 Å². The van der Waals surface area contributed by atoms with Crippen molar-refractivity contribution in [3.8, 4) is 0 Å². The fraction of sp³-hybridized carbons (Fsp3) is 0.667. The number of benzene rings is 2. The van der Waals surface area contributed by atoms with Crippen molar-refractivity contribution in [2.75, 3.05) is 0 Å². The zero-order chi connectivity index (χ0) is 28.9. The number of aryl methyl sites for hydroxylation is 2. The molecule has 0 heterocycles. The van der Waals surface area contributed by atoms with Gasteiger partial charge < -0.3 is 4.89 Å². The monoisotopic (exact) mass is 570 g/mol. The minimum absolute atomic E-state index is 0.731. The topological polar surface area (TPSA) is 46.5 Å². The summed E-state index contributed by atoms with van der Waals surface area (Å²) in [6.07, 6.45) is 23.5. The summed E-state index contributed by atoms with van der Waals surface area (Å²) in [6.45, 7) is 6.76. The lowest BCUT2D eigenvalue weighted by atomic mass is 9.76. The molecule has 3 nitrogen and oxygen atoms in total. The van der Waals surface area contributed by atoms with E-state index in [1.807, 2.05) is 0 Å². The Kier molecular flexibility index (Phi) is 18.5. The van der Waals surface area contributed by atoms with E-state index in [9.17, 15) is 9.46 Å². The molecule has 0 saturated heterocycles. The largest absolute Gasteiger partial charge is 0.326 e. The molecule has 0 amide bonds. The Morgan fingerprint density at radius 2 is 0.950 bits per heavy atom. The van der Waals surface area contributed by atoms with Gasteiger partial charge in [0, 0.05) is 0 Å². The van der Waals surface area contributed by atoms with E-state index < -0.39 is 13.9 Å². The maximum absolute atomic E-state index is 12.6. The number of hydrogen-bond acceptors (Lipinski definition) is 2. The third-order valence-corrected chi connectivity index (χ3v) is 8.92. The lowest BCUT2D eigenvalue weighted by Crippen LogP contribution is -2.32. The molecule has 2 rings (SSSR count). The van der Waals surface area contributed by atoms with E-state index in [1.54, 1.807) is 0 Å². The van der Waals surface area contributed by atoms with E-state index in [2.05, 4.69) is 69.3 Å². The van der Waals surface area contributed by atoms with Crippen LogP contribution in [0.5, 0.6) is 0 Å². The molecule has 0 aliphatic rings. The second kappa shape index (κ2) is 21.3. The van der Waals surface area contributed by atoms with Gasteiger partial charge in [-0.15, -0.1) is 0 Å². The van der Waals surface area contributed by atoms with Gasteiger partial charge in [-0.3, -0.25) is 9.09 Å². The zero-order valence-electron chi connectivity index (χ0n) is 26.0. The van der Waals surface area contributed by atoms with E-state index in [4.69, 9.17) is 4.52 Å². The smallest absolute Gasteiger partial charge is 0.317 e. The van der Waals surface area contributed by atoms with Crippen molar-refractivity contribution in [2.24, 2.45) is 0 Å². The summed E-state index contributed by atoms with van der Waals surface area (Å²) >= 11 is 0. The van der Waals surface area contributed by atoms with Crippen molar-refractivity contribution in [2.45, 2.75) is 155 Å². The van der Waals surface area contributed by atoms with Gasteiger partial charge in [0.15, 0.2) is 0 Å². The molecule has 0 aromatic heterocycles. The molecular weight excluding hydrogens is 511 g/mol. The highest BCUT2D eigenvalue weighted by molar-refractivity contribution is 7.32.